The third kappa shape index (κ3) is 1.49. The van der Waals surface area contributed by atoms with Gasteiger partial charge >= 0.3 is 0 Å². The molecule has 2 heterocycles. The summed E-state index contributed by atoms with van der Waals surface area (Å²) in [5, 5.41) is 11.0. The summed E-state index contributed by atoms with van der Waals surface area (Å²) in [6.07, 6.45) is 8.50. The molecule has 0 amide bonds. The number of fused-ring (bicyclic) bond motifs is 1. The third-order valence-corrected chi connectivity index (χ3v) is 4.10. The van der Waals surface area contributed by atoms with Gasteiger partial charge in [0.25, 0.3) is 0 Å². The Morgan fingerprint density at radius 1 is 1.41 bits per heavy atom. The van der Waals surface area contributed by atoms with Crippen molar-refractivity contribution in [3.63, 3.8) is 0 Å². The minimum atomic E-state index is -0.110. The number of hydrogen-bond acceptors (Lipinski definition) is 2. The maximum atomic E-state index is 9.79. The van der Waals surface area contributed by atoms with Crippen molar-refractivity contribution < 1.29 is 5.11 Å². The van der Waals surface area contributed by atoms with Gasteiger partial charge in [0.2, 0.25) is 0 Å². The van der Waals surface area contributed by atoms with Crippen LogP contribution in [0.5, 0.6) is 0 Å². The maximum absolute atomic E-state index is 9.79. The van der Waals surface area contributed by atoms with Gasteiger partial charge in [-0.05, 0) is 37.5 Å². The Balaban J connectivity index is 2.23. The molecule has 0 aromatic carbocycles. The summed E-state index contributed by atoms with van der Waals surface area (Å²) in [5.74, 6) is 0. The summed E-state index contributed by atoms with van der Waals surface area (Å²) in [5.41, 5.74) is 2.15. The van der Waals surface area contributed by atoms with E-state index in [4.69, 9.17) is 0 Å². The fraction of sp³-hybridized carbons (Fsp3) is 0.500. The van der Waals surface area contributed by atoms with Crippen molar-refractivity contribution in [3.05, 3.63) is 30.1 Å². The first kappa shape index (κ1) is 10.8. The van der Waals surface area contributed by atoms with Crippen LogP contribution in [0.4, 0.5) is 0 Å². The minimum Gasteiger partial charge on any atom is -0.394 e. The van der Waals surface area contributed by atoms with E-state index in [9.17, 15) is 5.11 Å². The molecule has 2 aromatic heterocycles. The molecular formula is C14H18N2O. The van der Waals surface area contributed by atoms with Crippen LogP contribution in [0.2, 0.25) is 0 Å². The highest BCUT2D eigenvalue weighted by Gasteiger charge is 2.36. The smallest absolute Gasteiger partial charge is 0.140 e. The second kappa shape index (κ2) is 3.84. The zero-order valence-corrected chi connectivity index (χ0v) is 10.2. The number of pyridine rings is 1. The Morgan fingerprint density at radius 3 is 2.88 bits per heavy atom. The summed E-state index contributed by atoms with van der Waals surface area (Å²) < 4.78 is 2.21. The van der Waals surface area contributed by atoms with Crippen molar-refractivity contribution in [1.82, 2.24) is 9.55 Å². The topological polar surface area (TPSA) is 38.0 Å². The molecule has 0 bridgehead atoms. The molecule has 1 N–H and O–H groups in total. The van der Waals surface area contributed by atoms with Gasteiger partial charge in [-0.25, -0.2) is 4.98 Å². The van der Waals surface area contributed by atoms with E-state index in [1.807, 2.05) is 12.3 Å². The van der Waals surface area contributed by atoms with Crippen LogP contribution in [0.3, 0.4) is 0 Å². The zero-order valence-electron chi connectivity index (χ0n) is 10.2. The molecule has 0 radical (unpaired) electrons. The zero-order chi connectivity index (χ0) is 11.9. The van der Waals surface area contributed by atoms with Crippen LogP contribution in [-0.2, 0) is 5.54 Å². The Labute approximate surface area is 101 Å². The largest absolute Gasteiger partial charge is 0.394 e. The van der Waals surface area contributed by atoms with Gasteiger partial charge in [0.15, 0.2) is 0 Å². The number of rotatable bonds is 2. The minimum absolute atomic E-state index is 0.110. The van der Waals surface area contributed by atoms with Gasteiger partial charge in [-0.1, -0.05) is 12.8 Å². The maximum Gasteiger partial charge on any atom is 0.140 e. The molecular weight excluding hydrogens is 212 g/mol. The summed E-state index contributed by atoms with van der Waals surface area (Å²) >= 11 is 0. The standard InChI is InChI=1S/C14H18N2O/c1-11-9-16(13-12(11)5-4-8-15-13)14(10-17)6-2-3-7-14/h4-5,8-9,17H,2-3,6-7,10H2,1H3. The van der Waals surface area contributed by atoms with Crippen LogP contribution in [0.1, 0.15) is 31.2 Å². The third-order valence-electron chi connectivity index (χ3n) is 4.10. The number of aliphatic hydroxyl groups is 1. The van der Waals surface area contributed by atoms with Gasteiger partial charge in [0.1, 0.15) is 5.65 Å². The van der Waals surface area contributed by atoms with E-state index in [0.29, 0.717) is 0 Å². The van der Waals surface area contributed by atoms with E-state index in [-0.39, 0.29) is 12.1 Å². The monoisotopic (exact) mass is 230 g/mol. The van der Waals surface area contributed by atoms with Crippen LogP contribution in [0, 0.1) is 6.92 Å². The summed E-state index contributed by atoms with van der Waals surface area (Å²) in [6.45, 7) is 2.33. The van der Waals surface area contributed by atoms with Crippen molar-refractivity contribution in [2.24, 2.45) is 0 Å². The number of aromatic nitrogens is 2. The molecule has 0 aliphatic heterocycles. The molecule has 90 valence electrons. The van der Waals surface area contributed by atoms with Crippen molar-refractivity contribution in [3.8, 4) is 0 Å². The van der Waals surface area contributed by atoms with E-state index in [1.54, 1.807) is 0 Å². The molecule has 1 fully saturated rings. The SMILES string of the molecule is Cc1cn(C2(CO)CCCC2)c2ncccc12. The highest BCUT2D eigenvalue weighted by Crippen LogP contribution is 2.39. The molecule has 2 aromatic rings. The summed E-state index contributed by atoms with van der Waals surface area (Å²) in [7, 11) is 0. The van der Waals surface area contributed by atoms with Gasteiger partial charge in [-0.15, -0.1) is 0 Å². The van der Waals surface area contributed by atoms with E-state index in [1.165, 1.54) is 23.8 Å². The first-order valence-electron chi connectivity index (χ1n) is 6.31. The lowest BCUT2D eigenvalue weighted by molar-refractivity contribution is 0.140. The molecule has 0 unspecified atom stereocenters. The lowest BCUT2D eigenvalue weighted by Gasteiger charge is -2.29. The highest BCUT2D eigenvalue weighted by atomic mass is 16.3. The lowest BCUT2D eigenvalue weighted by Crippen LogP contribution is -2.34. The van der Waals surface area contributed by atoms with E-state index in [0.717, 1.165) is 18.5 Å². The average Bonchev–Trinajstić information content (AvgIpc) is 2.96. The van der Waals surface area contributed by atoms with Crippen molar-refractivity contribution in [2.45, 2.75) is 38.1 Å². The fourth-order valence-corrected chi connectivity index (χ4v) is 3.09. The second-order valence-electron chi connectivity index (χ2n) is 5.15. The Bertz CT molecular complexity index is 538. The van der Waals surface area contributed by atoms with Gasteiger partial charge < -0.3 is 9.67 Å². The Hall–Kier alpha value is -1.35. The normalized spacial score (nSPS) is 18.9. The number of nitrogens with zero attached hydrogens (tertiary/aromatic N) is 2. The van der Waals surface area contributed by atoms with E-state index < -0.39 is 0 Å². The molecule has 17 heavy (non-hydrogen) atoms. The summed E-state index contributed by atoms with van der Waals surface area (Å²) in [4.78, 5) is 4.49. The van der Waals surface area contributed by atoms with Gasteiger partial charge in [0, 0.05) is 17.8 Å². The van der Waals surface area contributed by atoms with Crippen LogP contribution >= 0.6 is 0 Å². The lowest BCUT2D eigenvalue weighted by atomic mass is 9.98. The fourth-order valence-electron chi connectivity index (χ4n) is 3.09. The molecule has 1 aliphatic rings. The van der Waals surface area contributed by atoms with Crippen molar-refractivity contribution >= 4 is 11.0 Å². The van der Waals surface area contributed by atoms with Crippen molar-refractivity contribution in [1.29, 1.82) is 0 Å². The second-order valence-corrected chi connectivity index (χ2v) is 5.15. The first-order valence-corrected chi connectivity index (χ1v) is 6.31. The molecule has 0 atom stereocenters. The van der Waals surface area contributed by atoms with E-state index >= 15 is 0 Å². The molecule has 1 saturated carbocycles. The van der Waals surface area contributed by atoms with Gasteiger partial charge in [-0.3, -0.25) is 0 Å². The first-order chi connectivity index (χ1) is 8.27. The average molecular weight is 230 g/mol. The molecule has 3 rings (SSSR count). The predicted octanol–water partition coefficient (Wildman–Crippen LogP) is 2.61. The van der Waals surface area contributed by atoms with Crippen molar-refractivity contribution in [2.75, 3.05) is 6.61 Å². The van der Waals surface area contributed by atoms with Gasteiger partial charge in [0.05, 0.1) is 12.1 Å². The summed E-state index contributed by atoms with van der Waals surface area (Å²) in [6, 6.07) is 4.08. The highest BCUT2D eigenvalue weighted by molar-refractivity contribution is 5.80. The number of hydrogen-bond donors (Lipinski definition) is 1. The van der Waals surface area contributed by atoms with E-state index in [2.05, 4.69) is 28.7 Å². The Kier molecular flexibility index (Phi) is 2.44. The molecule has 0 spiro atoms. The number of aliphatic hydroxyl groups excluding tert-OH is 1. The van der Waals surface area contributed by atoms with Crippen LogP contribution in [-0.4, -0.2) is 21.3 Å². The van der Waals surface area contributed by atoms with Crippen LogP contribution < -0.4 is 0 Å². The van der Waals surface area contributed by atoms with Crippen LogP contribution in [0.15, 0.2) is 24.5 Å². The quantitative estimate of drug-likeness (QED) is 0.861. The van der Waals surface area contributed by atoms with Gasteiger partial charge in [-0.2, -0.15) is 0 Å². The molecule has 3 nitrogen and oxygen atoms in total. The number of aryl methyl sites for hydroxylation is 1. The predicted molar refractivity (Wildman–Crippen MR) is 68.0 cm³/mol. The molecule has 3 heteroatoms. The Morgan fingerprint density at radius 2 is 2.18 bits per heavy atom. The molecule has 1 aliphatic carbocycles. The van der Waals surface area contributed by atoms with Crippen LogP contribution in [0.25, 0.3) is 11.0 Å². The molecule has 0 saturated heterocycles.